The number of hydrogen-bond donors (Lipinski definition) is 1. The summed E-state index contributed by atoms with van der Waals surface area (Å²) in [6.45, 7) is 6.36. The van der Waals surface area contributed by atoms with Gasteiger partial charge in [0.1, 0.15) is 0 Å². The van der Waals surface area contributed by atoms with Crippen molar-refractivity contribution in [3.63, 3.8) is 0 Å². The number of rotatable bonds is 6. The van der Waals surface area contributed by atoms with Crippen LogP contribution in [0.25, 0.3) is 11.1 Å². The first-order valence-corrected chi connectivity index (χ1v) is 7.90. The summed E-state index contributed by atoms with van der Waals surface area (Å²) in [6.07, 6.45) is 1.78. The molecule has 0 aromatic heterocycles. The Labute approximate surface area is 136 Å². The minimum atomic E-state index is -0.976. The summed E-state index contributed by atoms with van der Waals surface area (Å²) in [7, 11) is 0. The van der Waals surface area contributed by atoms with E-state index < -0.39 is 5.97 Å². The van der Waals surface area contributed by atoms with Gasteiger partial charge in [0.25, 0.3) is 0 Å². The number of fused-ring (bicyclic) bond motifs is 1. The van der Waals surface area contributed by atoms with Crippen molar-refractivity contribution in [3.05, 3.63) is 47.0 Å². The summed E-state index contributed by atoms with van der Waals surface area (Å²) >= 11 is 0. The highest BCUT2D eigenvalue weighted by Gasteiger charge is 2.21. The molecule has 0 unspecified atom stereocenters. The summed E-state index contributed by atoms with van der Waals surface area (Å²) < 4.78 is 5.13. The van der Waals surface area contributed by atoms with Gasteiger partial charge in [0, 0.05) is 0 Å². The van der Waals surface area contributed by atoms with Gasteiger partial charge >= 0.3 is 11.9 Å². The van der Waals surface area contributed by atoms with Crippen molar-refractivity contribution in [2.45, 2.75) is 33.6 Å². The Morgan fingerprint density at radius 3 is 2.52 bits per heavy atom. The Kier molecular flexibility index (Phi) is 5.37. The van der Waals surface area contributed by atoms with Gasteiger partial charge in [0.05, 0.1) is 17.7 Å². The van der Waals surface area contributed by atoms with Crippen molar-refractivity contribution < 1.29 is 19.4 Å². The van der Waals surface area contributed by atoms with Crippen LogP contribution in [0.1, 0.15) is 53.5 Å². The van der Waals surface area contributed by atoms with Crippen molar-refractivity contribution in [1.29, 1.82) is 0 Å². The molecule has 0 saturated carbocycles. The van der Waals surface area contributed by atoms with E-state index in [-0.39, 0.29) is 11.5 Å². The Bertz CT molecular complexity index is 688. The molecule has 4 nitrogen and oxygen atoms in total. The zero-order chi connectivity index (χ0) is 17.0. The van der Waals surface area contributed by atoms with E-state index in [1.165, 1.54) is 0 Å². The summed E-state index contributed by atoms with van der Waals surface area (Å²) in [5.41, 5.74) is 3.28. The molecule has 0 aromatic rings. The molecule has 2 aliphatic rings. The maximum Gasteiger partial charge on any atom is 0.338 e. The van der Waals surface area contributed by atoms with Crippen LogP contribution in [-0.2, 0) is 11.2 Å². The number of carboxylic acids is 1. The molecule has 0 saturated heterocycles. The molecule has 122 valence electrons. The molecule has 0 aromatic carbocycles. The van der Waals surface area contributed by atoms with E-state index in [2.05, 4.69) is 13.8 Å². The normalized spacial score (nSPS) is 11.0. The van der Waals surface area contributed by atoms with Crippen LogP contribution in [0.4, 0.5) is 0 Å². The number of hydrogen-bond acceptors (Lipinski definition) is 3. The van der Waals surface area contributed by atoms with Crippen LogP contribution in [-0.4, -0.2) is 23.7 Å². The zero-order valence-corrected chi connectivity index (χ0v) is 13.8. The Balaban J connectivity index is 2.55. The van der Waals surface area contributed by atoms with Crippen molar-refractivity contribution in [1.82, 2.24) is 0 Å². The van der Waals surface area contributed by atoms with Crippen LogP contribution in [0.3, 0.4) is 0 Å². The molecule has 2 aliphatic carbocycles. The lowest BCUT2D eigenvalue weighted by molar-refractivity contribution is 0.0527. The number of aryl methyl sites for hydroxylation is 1. The van der Waals surface area contributed by atoms with E-state index in [0.717, 1.165) is 29.5 Å². The fraction of sp³-hybridized carbons (Fsp3) is 0.368. The largest absolute Gasteiger partial charge is 0.478 e. The van der Waals surface area contributed by atoms with Gasteiger partial charge < -0.3 is 9.84 Å². The second-order valence-corrected chi connectivity index (χ2v) is 5.99. The molecule has 0 fully saturated rings. The number of aromatic carboxylic acids is 1. The van der Waals surface area contributed by atoms with Gasteiger partial charge in [-0.2, -0.15) is 0 Å². The lowest BCUT2D eigenvalue weighted by Gasteiger charge is -2.05. The van der Waals surface area contributed by atoms with E-state index >= 15 is 0 Å². The third-order valence-electron chi connectivity index (χ3n) is 3.82. The minimum absolute atomic E-state index is 0.215. The SMILES string of the molecule is CCOC(=O)c1cc(CCC(C)C)c2cc(C(=O)O)cccc1-2. The lowest BCUT2D eigenvalue weighted by Crippen LogP contribution is -2.03. The van der Waals surface area contributed by atoms with E-state index in [1.54, 1.807) is 31.2 Å². The average molecular weight is 314 g/mol. The number of ether oxygens (including phenoxy) is 1. The predicted octanol–water partition coefficient (Wildman–Crippen LogP) is 4.25. The van der Waals surface area contributed by atoms with E-state index in [4.69, 9.17) is 4.74 Å². The molecule has 0 aliphatic heterocycles. The van der Waals surface area contributed by atoms with Crippen LogP contribution in [0.2, 0.25) is 0 Å². The van der Waals surface area contributed by atoms with Crippen LogP contribution < -0.4 is 0 Å². The van der Waals surface area contributed by atoms with E-state index in [1.807, 2.05) is 6.07 Å². The van der Waals surface area contributed by atoms with Crippen LogP contribution in [0.15, 0.2) is 30.3 Å². The quantitative estimate of drug-likeness (QED) is 0.809. The molecule has 0 amide bonds. The van der Waals surface area contributed by atoms with Crippen molar-refractivity contribution in [2.75, 3.05) is 6.61 Å². The Morgan fingerprint density at radius 1 is 1.17 bits per heavy atom. The van der Waals surface area contributed by atoms with Gasteiger partial charge in [-0.1, -0.05) is 26.0 Å². The summed E-state index contributed by atoms with van der Waals surface area (Å²) in [5.74, 6) is -0.810. The molecule has 0 atom stereocenters. The third-order valence-corrected chi connectivity index (χ3v) is 3.82. The third kappa shape index (κ3) is 3.89. The van der Waals surface area contributed by atoms with E-state index in [0.29, 0.717) is 18.1 Å². The molecular formula is C19H22O4. The number of carbonyl (C=O) groups is 2. The van der Waals surface area contributed by atoms with Crippen LogP contribution in [0.5, 0.6) is 0 Å². The number of esters is 1. The predicted molar refractivity (Wildman–Crippen MR) is 89.1 cm³/mol. The first-order chi connectivity index (χ1) is 10.9. The first-order valence-electron chi connectivity index (χ1n) is 7.90. The van der Waals surface area contributed by atoms with Gasteiger partial charge in [-0.3, -0.25) is 0 Å². The van der Waals surface area contributed by atoms with Crippen LogP contribution >= 0.6 is 0 Å². The molecule has 0 radical (unpaired) electrons. The second kappa shape index (κ2) is 7.27. The van der Waals surface area contributed by atoms with Gasteiger partial charge in [-0.25, -0.2) is 9.59 Å². The van der Waals surface area contributed by atoms with Crippen molar-refractivity contribution >= 4 is 11.9 Å². The van der Waals surface area contributed by atoms with Gasteiger partial charge in [0.15, 0.2) is 0 Å². The molecule has 2 rings (SSSR count). The zero-order valence-electron chi connectivity index (χ0n) is 13.8. The Morgan fingerprint density at radius 2 is 1.91 bits per heavy atom. The smallest absolute Gasteiger partial charge is 0.338 e. The number of carboxylic acid groups (broad SMARTS) is 1. The highest BCUT2D eigenvalue weighted by atomic mass is 16.5. The molecule has 4 heteroatoms. The fourth-order valence-corrected chi connectivity index (χ4v) is 2.61. The topological polar surface area (TPSA) is 63.6 Å². The number of carbonyl (C=O) groups excluding carboxylic acids is 1. The summed E-state index contributed by atoms with van der Waals surface area (Å²) in [6, 6.07) is 8.49. The van der Waals surface area contributed by atoms with Gasteiger partial charge in [0.2, 0.25) is 0 Å². The minimum Gasteiger partial charge on any atom is -0.478 e. The molecule has 23 heavy (non-hydrogen) atoms. The van der Waals surface area contributed by atoms with Gasteiger partial charge in [-0.15, -0.1) is 0 Å². The molecular weight excluding hydrogens is 292 g/mol. The van der Waals surface area contributed by atoms with Gasteiger partial charge in [-0.05, 0) is 60.6 Å². The molecule has 0 bridgehead atoms. The molecule has 0 spiro atoms. The summed E-state index contributed by atoms with van der Waals surface area (Å²) in [4.78, 5) is 23.5. The monoisotopic (exact) mass is 314 g/mol. The highest BCUT2D eigenvalue weighted by molar-refractivity contribution is 6.01. The second-order valence-electron chi connectivity index (χ2n) is 5.99. The molecule has 0 heterocycles. The maximum absolute atomic E-state index is 12.2. The molecule has 1 N–H and O–H groups in total. The van der Waals surface area contributed by atoms with Crippen LogP contribution in [0, 0.1) is 5.92 Å². The first kappa shape index (κ1) is 17.0. The lowest BCUT2D eigenvalue weighted by atomic mass is 10.00. The van der Waals surface area contributed by atoms with Crippen molar-refractivity contribution in [2.24, 2.45) is 5.92 Å². The van der Waals surface area contributed by atoms with E-state index in [9.17, 15) is 14.7 Å². The maximum atomic E-state index is 12.2. The Hall–Kier alpha value is -2.36. The standard InChI is InChI=1S/C19H22O4/c1-4-23-19(22)17-10-13(9-8-12(2)3)16-11-14(18(20)21)6-5-7-15(16)17/h5-7,10-12H,4,8-9H2,1-3H3,(H,20,21). The van der Waals surface area contributed by atoms with Crippen molar-refractivity contribution in [3.8, 4) is 11.1 Å². The fourth-order valence-electron chi connectivity index (χ4n) is 2.61. The highest BCUT2D eigenvalue weighted by Crippen LogP contribution is 2.34. The summed E-state index contributed by atoms with van der Waals surface area (Å²) in [5, 5.41) is 9.27. The average Bonchev–Trinajstić information content (AvgIpc) is 2.67.